The number of hydrogen-bond donors (Lipinski definition) is 0. The number of piperazine rings is 1. The van der Waals surface area contributed by atoms with Crippen molar-refractivity contribution >= 4 is 0 Å². The molecule has 2 aliphatic rings. The molecule has 3 rings (SSSR count). The zero-order valence-electron chi connectivity index (χ0n) is 15.7. The van der Waals surface area contributed by atoms with E-state index in [1.165, 1.54) is 0 Å². The Morgan fingerprint density at radius 3 is 2.72 bits per heavy atom. The number of aromatic nitrogens is 4. The Bertz CT molecular complexity index is 531. The first kappa shape index (κ1) is 18.5. The summed E-state index contributed by atoms with van der Waals surface area (Å²) in [5.74, 6) is 1.60. The van der Waals surface area contributed by atoms with Gasteiger partial charge >= 0.3 is 0 Å². The van der Waals surface area contributed by atoms with Gasteiger partial charge in [-0.25, -0.2) is 4.68 Å². The molecule has 3 heterocycles. The van der Waals surface area contributed by atoms with E-state index in [1.807, 2.05) is 10.8 Å². The van der Waals surface area contributed by atoms with Gasteiger partial charge in [-0.1, -0.05) is 19.9 Å². The smallest absolute Gasteiger partial charge is 0.168 e. The molecule has 0 radical (unpaired) electrons. The largest absolute Gasteiger partial charge is 0.376 e. The Balaban J connectivity index is 1.70. The fourth-order valence-corrected chi connectivity index (χ4v) is 3.87. The molecule has 25 heavy (non-hydrogen) atoms. The van der Waals surface area contributed by atoms with Gasteiger partial charge in [0.05, 0.1) is 18.7 Å². The summed E-state index contributed by atoms with van der Waals surface area (Å²) in [5.41, 5.74) is 0. The molecule has 2 fully saturated rings. The van der Waals surface area contributed by atoms with Crippen LogP contribution in [0.4, 0.5) is 0 Å². The highest BCUT2D eigenvalue weighted by atomic mass is 16.5. The highest BCUT2D eigenvalue weighted by Crippen LogP contribution is 2.28. The predicted molar refractivity (Wildman–Crippen MR) is 97.2 cm³/mol. The second kappa shape index (κ2) is 8.87. The molecule has 1 aromatic heterocycles. The van der Waals surface area contributed by atoms with Crippen LogP contribution in [-0.2, 0) is 11.3 Å². The minimum absolute atomic E-state index is 0.256. The van der Waals surface area contributed by atoms with Crippen LogP contribution in [0.2, 0.25) is 0 Å². The SMILES string of the molecule is C=CCN1CCN([C@@H](CC(C)C)c2nnnn2C[C@@H]2CCCO2)CC1. The van der Waals surface area contributed by atoms with Crippen LogP contribution in [0.3, 0.4) is 0 Å². The Labute approximate surface area is 151 Å². The maximum atomic E-state index is 5.78. The predicted octanol–water partition coefficient (Wildman–Crippen LogP) is 1.74. The third-order valence-corrected chi connectivity index (χ3v) is 5.19. The zero-order valence-corrected chi connectivity index (χ0v) is 15.7. The topological polar surface area (TPSA) is 59.3 Å². The van der Waals surface area contributed by atoms with E-state index in [4.69, 9.17) is 4.74 Å². The molecule has 0 amide bonds. The summed E-state index contributed by atoms with van der Waals surface area (Å²) in [6.07, 6.45) is 5.57. The number of tetrazole rings is 1. The molecule has 0 aromatic carbocycles. The summed E-state index contributed by atoms with van der Waals surface area (Å²) >= 11 is 0. The van der Waals surface area contributed by atoms with Crippen LogP contribution < -0.4 is 0 Å². The van der Waals surface area contributed by atoms with Crippen molar-refractivity contribution in [2.75, 3.05) is 39.3 Å². The lowest BCUT2D eigenvalue weighted by Crippen LogP contribution is -2.48. The Morgan fingerprint density at radius 1 is 1.28 bits per heavy atom. The van der Waals surface area contributed by atoms with Crippen molar-refractivity contribution in [3.8, 4) is 0 Å². The summed E-state index contributed by atoms with van der Waals surface area (Å²) in [6, 6.07) is 0.280. The van der Waals surface area contributed by atoms with E-state index >= 15 is 0 Å². The summed E-state index contributed by atoms with van der Waals surface area (Å²) in [4.78, 5) is 5.00. The lowest BCUT2D eigenvalue weighted by molar-refractivity contribution is 0.0756. The minimum Gasteiger partial charge on any atom is -0.376 e. The second-order valence-corrected chi connectivity index (χ2v) is 7.62. The summed E-state index contributed by atoms with van der Waals surface area (Å²) in [6.45, 7) is 15.3. The quantitative estimate of drug-likeness (QED) is 0.667. The van der Waals surface area contributed by atoms with Crippen molar-refractivity contribution in [3.05, 3.63) is 18.5 Å². The summed E-state index contributed by atoms with van der Waals surface area (Å²) in [7, 11) is 0. The first-order chi connectivity index (χ1) is 12.2. The van der Waals surface area contributed by atoms with E-state index in [-0.39, 0.29) is 12.1 Å². The van der Waals surface area contributed by atoms with E-state index < -0.39 is 0 Å². The maximum absolute atomic E-state index is 5.78. The Hall–Kier alpha value is -1.31. The summed E-state index contributed by atoms with van der Waals surface area (Å²) < 4.78 is 7.77. The third kappa shape index (κ3) is 4.86. The normalized spacial score (nSPS) is 24.0. The molecule has 2 atom stereocenters. The standard InChI is InChI=1S/C18H32N6O/c1-4-7-22-8-10-23(11-9-22)17(13-15(2)3)18-19-20-21-24(18)14-16-6-5-12-25-16/h4,15-17H,1,5-14H2,2-3H3/t16-,17-/m0/s1. The van der Waals surface area contributed by atoms with Crippen molar-refractivity contribution < 1.29 is 4.74 Å². The molecule has 7 nitrogen and oxygen atoms in total. The zero-order chi connectivity index (χ0) is 17.6. The number of hydrogen-bond acceptors (Lipinski definition) is 6. The first-order valence-electron chi connectivity index (χ1n) is 9.62. The molecule has 0 saturated carbocycles. The average molecular weight is 348 g/mol. The highest BCUT2D eigenvalue weighted by molar-refractivity contribution is 4.96. The second-order valence-electron chi connectivity index (χ2n) is 7.62. The van der Waals surface area contributed by atoms with Crippen molar-refractivity contribution in [3.63, 3.8) is 0 Å². The Kier molecular flexibility index (Phi) is 6.56. The van der Waals surface area contributed by atoms with E-state index in [0.29, 0.717) is 5.92 Å². The number of nitrogens with zero attached hydrogens (tertiary/aromatic N) is 6. The van der Waals surface area contributed by atoms with Gasteiger partial charge in [0.2, 0.25) is 0 Å². The molecule has 0 N–H and O–H groups in total. The minimum atomic E-state index is 0.256. The Morgan fingerprint density at radius 2 is 2.08 bits per heavy atom. The molecular formula is C18H32N6O. The molecule has 0 spiro atoms. The number of rotatable bonds is 8. The van der Waals surface area contributed by atoms with E-state index in [0.717, 1.165) is 71.0 Å². The van der Waals surface area contributed by atoms with Gasteiger partial charge in [-0.15, -0.1) is 11.7 Å². The van der Waals surface area contributed by atoms with Gasteiger partial charge in [0.25, 0.3) is 0 Å². The van der Waals surface area contributed by atoms with Crippen LogP contribution in [0.25, 0.3) is 0 Å². The summed E-state index contributed by atoms with van der Waals surface area (Å²) in [5, 5.41) is 12.7. The van der Waals surface area contributed by atoms with Gasteiger partial charge in [-0.3, -0.25) is 9.80 Å². The van der Waals surface area contributed by atoms with Gasteiger partial charge in [-0.2, -0.15) is 0 Å². The van der Waals surface area contributed by atoms with E-state index in [9.17, 15) is 0 Å². The third-order valence-electron chi connectivity index (χ3n) is 5.19. The fourth-order valence-electron chi connectivity index (χ4n) is 3.87. The molecule has 0 bridgehead atoms. The maximum Gasteiger partial charge on any atom is 0.168 e. The lowest BCUT2D eigenvalue weighted by Gasteiger charge is -2.39. The lowest BCUT2D eigenvalue weighted by atomic mass is 10.0. The van der Waals surface area contributed by atoms with Crippen LogP contribution >= 0.6 is 0 Å². The van der Waals surface area contributed by atoms with Gasteiger partial charge in [0.1, 0.15) is 0 Å². The monoisotopic (exact) mass is 348 g/mol. The number of ether oxygens (including phenoxy) is 1. The molecule has 0 unspecified atom stereocenters. The first-order valence-corrected chi connectivity index (χ1v) is 9.62. The van der Waals surface area contributed by atoms with Crippen LogP contribution in [0.5, 0.6) is 0 Å². The molecule has 2 aliphatic heterocycles. The molecule has 7 heteroatoms. The fraction of sp³-hybridized carbons (Fsp3) is 0.833. The van der Waals surface area contributed by atoms with Crippen molar-refractivity contribution in [2.24, 2.45) is 5.92 Å². The van der Waals surface area contributed by atoms with Gasteiger partial charge in [-0.05, 0) is 35.6 Å². The highest BCUT2D eigenvalue weighted by Gasteiger charge is 2.30. The molecular weight excluding hydrogens is 316 g/mol. The van der Waals surface area contributed by atoms with Crippen LogP contribution in [0.15, 0.2) is 12.7 Å². The van der Waals surface area contributed by atoms with E-state index in [1.54, 1.807) is 0 Å². The van der Waals surface area contributed by atoms with Crippen LogP contribution in [0, 0.1) is 5.92 Å². The molecule has 0 aliphatic carbocycles. The van der Waals surface area contributed by atoms with Gasteiger partial charge in [0.15, 0.2) is 5.82 Å². The van der Waals surface area contributed by atoms with Crippen LogP contribution in [-0.4, -0.2) is 75.4 Å². The van der Waals surface area contributed by atoms with E-state index in [2.05, 4.69) is 45.8 Å². The van der Waals surface area contributed by atoms with Crippen molar-refractivity contribution in [1.82, 2.24) is 30.0 Å². The average Bonchev–Trinajstić information content (AvgIpc) is 3.26. The van der Waals surface area contributed by atoms with Crippen molar-refractivity contribution in [1.29, 1.82) is 0 Å². The molecule has 1 aromatic rings. The van der Waals surface area contributed by atoms with Gasteiger partial charge < -0.3 is 4.74 Å². The van der Waals surface area contributed by atoms with Crippen molar-refractivity contribution in [2.45, 2.75) is 51.8 Å². The molecule has 2 saturated heterocycles. The van der Waals surface area contributed by atoms with Crippen LogP contribution in [0.1, 0.15) is 45.0 Å². The molecule has 140 valence electrons. The van der Waals surface area contributed by atoms with Gasteiger partial charge in [0, 0.05) is 39.3 Å².